The van der Waals surface area contributed by atoms with Crippen molar-refractivity contribution in [3.63, 3.8) is 0 Å². The van der Waals surface area contributed by atoms with Crippen molar-refractivity contribution in [2.75, 3.05) is 18.6 Å². The van der Waals surface area contributed by atoms with E-state index in [-0.39, 0.29) is 24.6 Å². The van der Waals surface area contributed by atoms with Crippen LogP contribution in [0.2, 0.25) is 0 Å². The van der Waals surface area contributed by atoms with E-state index in [0.717, 1.165) is 17.0 Å². The number of halogens is 2. The molecule has 16 heavy (non-hydrogen) atoms. The molecule has 0 aromatic heterocycles. The summed E-state index contributed by atoms with van der Waals surface area (Å²) in [5, 5.41) is 8.56. The van der Waals surface area contributed by atoms with Gasteiger partial charge in [0.05, 0.1) is 5.69 Å². The first-order valence-corrected chi connectivity index (χ1v) is 4.88. The quantitative estimate of drug-likeness (QED) is 0.853. The van der Waals surface area contributed by atoms with Gasteiger partial charge in [-0.2, -0.15) is 0 Å². The second-order valence-corrected chi connectivity index (χ2v) is 3.38. The van der Waals surface area contributed by atoms with Gasteiger partial charge in [-0.15, -0.1) is 0 Å². The van der Waals surface area contributed by atoms with E-state index in [1.165, 1.54) is 13.1 Å². The zero-order chi connectivity index (χ0) is 12.1. The first-order valence-electron chi connectivity index (χ1n) is 4.88. The highest BCUT2D eigenvalue weighted by atomic mass is 19.1. The largest absolute Gasteiger partial charge is 0.396 e. The molecule has 3 nitrogen and oxygen atoms in total. The Morgan fingerprint density at radius 2 is 2.12 bits per heavy atom. The fourth-order valence-electron chi connectivity index (χ4n) is 1.29. The van der Waals surface area contributed by atoms with Gasteiger partial charge in [0.1, 0.15) is 11.6 Å². The maximum Gasteiger partial charge on any atom is 0.226 e. The fourth-order valence-corrected chi connectivity index (χ4v) is 1.29. The molecule has 0 bridgehead atoms. The highest BCUT2D eigenvalue weighted by molar-refractivity contribution is 5.92. The van der Waals surface area contributed by atoms with E-state index in [1.807, 2.05) is 0 Å². The molecule has 0 heterocycles. The summed E-state index contributed by atoms with van der Waals surface area (Å²) >= 11 is 0. The smallest absolute Gasteiger partial charge is 0.226 e. The van der Waals surface area contributed by atoms with Crippen LogP contribution in [0.4, 0.5) is 14.5 Å². The van der Waals surface area contributed by atoms with E-state index in [9.17, 15) is 13.6 Å². The van der Waals surface area contributed by atoms with E-state index >= 15 is 0 Å². The molecule has 0 saturated carbocycles. The number of nitrogens with zero attached hydrogens (tertiary/aromatic N) is 1. The summed E-state index contributed by atoms with van der Waals surface area (Å²) in [6, 6.07) is 3.03. The lowest BCUT2D eigenvalue weighted by atomic mass is 10.2. The first kappa shape index (κ1) is 12.6. The third-order valence-corrected chi connectivity index (χ3v) is 2.19. The predicted octanol–water partition coefficient (Wildman–Crippen LogP) is 1.70. The summed E-state index contributed by atoms with van der Waals surface area (Å²) in [5.74, 6) is -1.78. The van der Waals surface area contributed by atoms with Gasteiger partial charge >= 0.3 is 0 Å². The van der Waals surface area contributed by atoms with Crippen LogP contribution in [-0.2, 0) is 4.79 Å². The molecule has 0 spiro atoms. The van der Waals surface area contributed by atoms with Gasteiger partial charge in [-0.05, 0) is 18.6 Å². The summed E-state index contributed by atoms with van der Waals surface area (Å²) in [5.41, 5.74) is 0.0318. The molecule has 1 aromatic carbocycles. The van der Waals surface area contributed by atoms with Crippen LogP contribution < -0.4 is 4.90 Å². The van der Waals surface area contributed by atoms with Crippen molar-refractivity contribution in [2.45, 2.75) is 12.8 Å². The highest BCUT2D eigenvalue weighted by Gasteiger charge is 2.14. The fraction of sp³-hybridized carbons (Fsp3) is 0.364. The predicted molar refractivity (Wildman–Crippen MR) is 56.1 cm³/mol. The number of rotatable bonds is 4. The Kier molecular flexibility index (Phi) is 4.37. The van der Waals surface area contributed by atoms with Crippen LogP contribution in [0, 0.1) is 11.6 Å². The van der Waals surface area contributed by atoms with Crippen LogP contribution in [0.15, 0.2) is 18.2 Å². The zero-order valence-corrected chi connectivity index (χ0v) is 8.91. The number of aliphatic hydroxyl groups is 1. The van der Waals surface area contributed by atoms with E-state index in [1.54, 1.807) is 0 Å². The topological polar surface area (TPSA) is 40.5 Å². The lowest BCUT2D eigenvalue weighted by Gasteiger charge is -2.17. The number of carbonyl (C=O) groups excluding carboxylic acids is 1. The van der Waals surface area contributed by atoms with Crippen LogP contribution in [0.25, 0.3) is 0 Å². The van der Waals surface area contributed by atoms with Crippen LogP contribution >= 0.6 is 0 Å². The van der Waals surface area contributed by atoms with Gasteiger partial charge < -0.3 is 10.0 Å². The summed E-state index contributed by atoms with van der Waals surface area (Å²) in [4.78, 5) is 12.6. The molecule has 1 amide bonds. The van der Waals surface area contributed by atoms with Crippen molar-refractivity contribution in [2.24, 2.45) is 0 Å². The minimum Gasteiger partial charge on any atom is -0.396 e. The van der Waals surface area contributed by atoms with Crippen LogP contribution in [0.1, 0.15) is 12.8 Å². The lowest BCUT2D eigenvalue weighted by Crippen LogP contribution is -2.27. The molecule has 1 N–H and O–H groups in total. The molecular formula is C11H13F2NO2. The Hall–Kier alpha value is -1.49. The van der Waals surface area contributed by atoms with Crippen molar-refractivity contribution in [1.29, 1.82) is 0 Å². The Morgan fingerprint density at radius 3 is 2.69 bits per heavy atom. The lowest BCUT2D eigenvalue weighted by molar-refractivity contribution is -0.118. The monoisotopic (exact) mass is 229 g/mol. The van der Waals surface area contributed by atoms with Gasteiger partial charge in [-0.3, -0.25) is 4.79 Å². The SMILES string of the molecule is CN(C(=O)CCCO)c1ccc(F)cc1F. The number of anilines is 1. The third-order valence-electron chi connectivity index (χ3n) is 2.19. The maximum absolute atomic E-state index is 13.3. The molecule has 0 unspecified atom stereocenters. The molecular weight excluding hydrogens is 216 g/mol. The molecule has 0 aliphatic heterocycles. The van der Waals surface area contributed by atoms with Gasteiger partial charge in [0.15, 0.2) is 0 Å². The average molecular weight is 229 g/mol. The van der Waals surface area contributed by atoms with Crippen molar-refractivity contribution < 1.29 is 18.7 Å². The second-order valence-electron chi connectivity index (χ2n) is 3.38. The Morgan fingerprint density at radius 1 is 1.44 bits per heavy atom. The number of amides is 1. The van der Waals surface area contributed by atoms with Gasteiger partial charge in [0.2, 0.25) is 5.91 Å². The van der Waals surface area contributed by atoms with Crippen molar-refractivity contribution in [3.8, 4) is 0 Å². The van der Waals surface area contributed by atoms with Gasteiger partial charge in [-0.1, -0.05) is 0 Å². The van der Waals surface area contributed by atoms with Crippen LogP contribution in [-0.4, -0.2) is 24.7 Å². The second kappa shape index (κ2) is 5.55. The highest BCUT2D eigenvalue weighted by Crippen LogP contribution is 2.19. The van der Waals surface area contributed by atoms with Crippen molar-refractivity contribution in [1.82, 2.24) is 0 Å². The number of hydrogen-bond donors (Lipinski definition) is 1. The van der Waals surface area contributed by atoms with E-state index in [2.05, 4.69) is 0 Å². The summed E-state index contributed by atoms with van der Waals surface area (Å²) in [7, 11) is 1.41. The Labute approximate surface area is 92.3 Å². The molecule has 0 aliphatic rings. The molecule has 88 valence electrons. The minimum atomic E-state index is -0.778. The molecule has 0 radical (unpaired) electrons. The summed E-state index contributed by atoms with van der Waals surface area (Å²) < 4.78 is 25.9. The van der Waals surface area contributed by atoms with Gasteiger partial charge in [-0.25, -0.2) is 8.78 Å². The summed E-state index contributed by atoms with van der Waals surface area (Å²) in [6.07, 6.45) is 0.454. The summed E-state index contributed by atoms with van der Waals surface area (Å²) in [6.45, 7) is -0.0918. The maximum atomic E-state index is 13.3. The standard InChI is InChI=1S/C11H13F2NO2/c1-14(11(16)3-2-6-15)10-5-4-8(12)7-9(10)13/h4-5,7,15H,2-3,6H2,1H3. The molecule has 0 aliphatic carbocycles. The van der Waals surface area contributed by atoms with E-state index < -0.39 is 11.6 Å². The van der Waals surface area contributed by atoms with Gasteiger partial charge in [0, 0.05) is 26.1 Å². The number of hydrogen-bond acceptors (Lipinski definition) is 2. The molecule has 0 atom stereocenters. The Bertz CT molecular complexity index is 382. The number of benzene rings is 1. The minimum absolute atomic E-state index is 0.0318. The molecule has 0 saturated heterocycles. The molecule has 0 fully saturated rings. The number of carbonyl (C=O) groups is 1. The van der Waals surface area contributed by atoms with Crippen LogP contribution in [0.3, 0.4) is 0 Å². The van der Waals surface area contributed by atoms with Crippen molar-refractivity contribution >= 4 is 11.6 Å². The molecule has 1 rings (SSSR count). The average Bonchev–Trinajstić information content (AvgIpc) is 2.25. The first-order chi connectivity index (χ1) is 7.56. The molecule has 1 aromatic rings. The Balaban J connectivity index is 2.79. The third kappa shape index (κ3) is 3.00. The number of aliphatic hydroxyl groups excluding tert-OH is 1. The van der Waals surface area contributed by atoms with Crippen LogP contribution in [0.5, 0.6) is 0 Å². The van der Waals surface area contributed by atoms with Gasteiger partial charge in [0.25, 0.3) is 0 Å². The van der Waals surface area contributed by atoms with E-state index in [4.69, 9.17) is 5.11 Å². The van der Waals surface area contributed by atoms with Crippen molar-refractivity contribution in [3.05, 3.63) is 29.8 Å². The zero-order valence-electron chi connectivity index (χ0n) is 8.91. The van der Waals surface area contributed by atoms with E-state index in [0.29, 0.717) is 6.42 Å². The molecule has 5 heteroatoms. The normalized spacial score (nSPS) is 10.2.